The number of piperazine rings is 1. The van der Waals surface area contributed by atoms with Crippen LogP contribution in [0.1, 0.15) is 5.76 Å². The van der Waals surface area contributed by atoms with E-state index in [9.17, 15) is 0 Å². The number of furan rings is 1. The van der Waals surface area contributed by atoms with Crippen LogP contribution in [0.25, 0.3) is 11.3 Å². The predicted molar refractivity (Wildman–Crippen MR) is 111 cm³/mol. The molecule has 3 aromatic rings. The summed E-state index contributed by atoms with van der Waals surface area (Å²) in [4.78, 5) is 5.32. The third kappa shape index (κ3) is 3.62. The van der Waals surface area contributed by atoms with Crippen molar-refractivity contribution in [1.29, 1.82) is 0 Å². The van der Waals surface area contributed by atoms with Gasteiger partial charge >= 0.3 is 0 Å². The maximum Gasteiger partial charge on any atom is 0.162 e. The molecule has 0 atom stereocenters. The van der Waals surface area contributed by atoms with Gasteiger partial charge in [-0.25, -0.2) is 0 Å². The maximum atomic E-state index is 6.11. The fraction of sp³-hybridized carbons (Fsp3) is 0.190. The van der Waals surface area contributed by atoms with Gasteiger partial charge in [-0.2, -0.15) is 0 Å². The molecule has 0 bridgehead atoms. The van der Waals surface area contributed by atoms with E-state index in [0.717, 1.165) is 59.0 Å². The van der Waals surface area contributed by atoms with Gasteiger partial charge in [-0.15, -0.1) is 0 Å². The van der Waals surface area contributed by atoms with Crippen LogP contribution >= 0.6 is 23.8 Å². The molecule has 132 valence electrons. The highest BCUT2D eigenvalue weighted by Gasteiger charge is 2.22. The third-order valence-electron chi connectivity index (χ3n) is 4.62. The first kappa shape index (κ1) is 17.1. The number of thiocarbonyl (C=S) groups is 1. The van der Waals surface area contributed by atoms with E-state index < -0.39 is 0 Å². The van der Waals surface area contributed by atoms with Crippen LogP contribution in [-0.2, 0) is 0 Å². The smallest absolute Gasteiger partial charge is 0.162 e. The summed E-state index contributed by atoms with van der Waals surface area (Å²) < 4.78 is 6.00. The number of nitrogens with zero attached hydrogens (tertiary/aromatic N) is 2. The molecule has 26 heavy (non-hydrogen) atoms. The van der Waals surface area contributed by atoms with Crippen molar-refractivity contribution in [3.63, 3.8) is 0 Å². The molecule has 1 aliphatic rings. The van der Waals surface area contributed by atoms with Crippen molar-refractivity contribution in [2.75, 3.05) is 31.1 Å². The largest absolute Gasteiger partial charge is 0.454 e. The molecule has 3 nitrogen and oxygen atoms in total. The van der Waals surface area contributed by atoms with Crippen LogP contribution in [-0.4, -0.2) is 36.1 Å². The molecule has 2 aromatic carbocycles. The van der Waals surface area contributed by atoms with E-state index in [1.54, 1.807) is 0 Å². The van der Waals surface area contributed by atoms with Gasteiger partial charge in [-0.3, -0.25) is 0 Å². The molecule has 0 spiro atoms. The molecule has 2 heterocycles. The van der Waals surface area contributed by atoms with Crippen molar-refractivity contribution in [3.8, 4) is 11.3 Å². The first-order valence-electron chi connectivity index (χ1n) is 8.66. The molecule has 1 aliphatic heterocycles. The third-order valence-corrected chi connectivity index (χ3v) is 5.31. The predicted octanol–water partition coefficient (Wildman–Crippen LogP) is 5.10. The molecular weight excluding hydrogens is 364 g/mol. The summed E-state index contributed by atoms with van der Waals surface area (Å²) in [5, 5.41) is 0.768. The molecule has 1 aromatic heterocycles. The highest BCUT2D eigenvalue weighted by atomic mass is 35.5. The van der Waals surface area contributed by atoms with Gasteiger partial charge in [0.15, 0.2) is 5.76 Å². The number of rotatable bonds is 3. The molecule has 0 aliphatic carbocycles. The molecule has 0 saturated carbocycles. The lowest BCUT2D eigenvalue weighted by molar-refractivity contribution is 0.385. The lowest BCUT2D eigenvalue weighted by Crippen LogP contribution is -2.48. The average molecular weight is 383 g/mol. The van der Waals surface area contributed by atoms with E-state index in [1.165, 1.54) is 0 Å². The Morgan fingerprint density at radius 2 is 1.65 bits per heavy atom. The molecule has 1 fully saturated rings. The Labute approximate surface area is 163 Å². The molecule has 4 rings (SSSR count). The molecular formula is C21H19ClN2OS. The maximum absolute atomic E-state index is 6.11. The van der Waals surface area contributed by atoms with E-state index in [4.69, 9.17) is 28.2 Å². The van der Waals surface area contributed by atoms with E-state index in [0.29, 0.717) is 0 Å². The SMILES string of the molecule is S=C(c1ccc(-c2ccccc2)o1)N1CCN(c2cccc(Cl)c2)CC1. The van der Waals surface area contributed by atoms with Crippen LogP contribution in [0.3, 0.4) is 0 Å². The Morgan fingerprint density at radius 3 is 2.38 bits per heavy atom. The number of anilines is 1. The van der Waals surface area contributed by atoms with Crippen LogP contribution in [0.5, 0.6) is 0 Å². The first-order valence-corrected chi connectivity index (χ1v) is 9.44. The Morgan fingerprint density at radius 1 is 0.885 bits per heavy atom. The Kier molecular flexibility index (Phi) is 4.96. The molecule has 0 amide bonds. The summed E-state index contributed by atoms with van der Waals surface area (Å²) in [5.74, 6) is 1.61. The number of hydrogen-bond acceptors (Lipinski definition) is 3. The number of halogens is 1. The zero-order chi connectivity index (χ0) is 17.9. The van der Waals surface area contributed by atoms with Crippen molar-refractivity contribution in [3.05, 3.63) is 77.5 Å². The van der Waals surface area contributed by atoms with Crippen molar-refractivity contribution in [2.45, 2.75) is 0 Å². The van der Waals surface area contributed by atoms with Gasteiger partial charge in [-0.05, 0) is 30.3 Å². The second-order valence-electron chi connectivity index (χ2n) is 6.29. The number of hydrogen-bond donors (Lipinski definition) is 0. The molecule has 0 N–H and O–H groups in total. The van der Waals surface area contributed by atoms with E-state index in [1.807, 2.05) is 60.7 Å². The zero-order valence-electron chi connectivity index (χ0n) is 14.3. The van der Waals surface area contributed by atoms with Gasteiger partial charge < -0.3 is 14.2 Å². The lowest BCUT2D eigenvalue weighted by Gasteiger charge is -2.37. The van der Waals surface area contributed by atoms with Crippen molar-refractivity contribution < 1.29 is 4.42 Å². The van der Waals surface area contributed by atoms with E-state index in [2.05, 4.69) is 15.9 Å². The minimum Gasteiger partial charge on any atom is -0.454 e. The average Bonchev–Trinajstić information content (AvgIpc) is 3.18. The Balaban J connectivity index is 1.42. The fourth-order valence-corrected chi connectivity index (χ4v) is 3.68. The van der Waals surface area contributed by atoms with Gasteiger partial charge in [0.2, 0.25) is 0 Å². The Hall–Kier alpha value is -2.30. The summed E-state index contributed by atoms with van der Waals surface area (Å²) >= 11 is 11.8. The second-order valence-corrected chi connectivity index (χ2v) is 7.11. The summed E-state index contributed by atoms with van der Waals surface area (Å²) in [5.41, 5.74) is 2.22. The second kappa shape index (κ2) is 7.52. The quantitative estimate of drug-likeness (QED) is 0.587. The highest BCUT2D eigenvalue weighted by Crippen LogP contribution is 2.24. The first-order chi connectivity index (χ1) is 12.7. The summed E-state index contributed by atoms with van der Waals surface area (Å²) in [6, 6.07) is 22.0. The monoisotopic (exact) mass is 382 g/mol. The normalized spacial score (nSPS) is 14.5. The summed E-state index contributed by atoms with van der Waals surface area (Å²) in [7, 11) is 0. The van der Waals surface area contributed by atoms with E-state index >= 15 is 0 Å². The Bertz CT molecular complexity index is 901. The van der Waals surface area contributed by atoms with Gasteiger partial charge in [0.25, 0.3) is 0 Å². The topological polar surface area (TPSA) is 19.6 Å². The van der Waals surface area contributed by atoms with Crippen molar-refractivity contribution in [1.82, 2.24) is 4.90 Å². The van der Waals surface area contributed by atoms with Gasteiger partial charge in [-0.1, -0.05) is 60.2 Å². The van der Waals surface area contributed by atoms with Gasteiger partial charge in [0.05, 0.1) is 0 Å². The van der Waals surface area contributed by atoms with Gasteiger partial charge in [0.1, 0.15) is 10.7 Å². The minimum absolute atomic E-state index is 0.759. The van der Waals surface area contributed by atoms with Crippen LogP contribution < -0.4 is 4.90 Å². The zero-order valence-corrected chi connectivity index (χ0v) is 15.8. The van der Waals surface area contributed by atoms with Crippen LogP contribution in [0.4, 0.5) is 5.69 Å². The molecule has 1 saturated heterocycles. The van der Waals surface area contributed by atoms with Crippen LogP contribution in [0, 0.1) is 0 Å². The summed E-state index contributed by atoms with van der Waals surface area (Å²) in [6.07, 6.45) is 0. The van der Waals surface area contributed by atoms with E-state index in [-0.39, 0.29) is 0 Å². The fourth-order valence-electron chi connectivity index (χ4n) is 3.21. The lowest BCUT2D eigenvalue weighted by atomic mass is 10.2. The highest BCUT2D eigenvalue weighted by molar-refractivity contribution is 7.80. The van der Waals surface area contributed by atoms with Crippen molar-refractivity contribution >= 4 is 34.5 Å². The molecule has 0 radical (unpaired) electrons. The number of benzene rings is 2. The van der Waals surface area contributed by atoms with Crippen molar-refractivity contribution in [2.24, 2.45) is 0 Å². The van der Waals surface area contributed by atoms with Crippen LogP contribution in [0.15, 0.2) is 71.1 Å². The standard InChI is InChI=1S/C21H19ClN2OS/c22-17-7-4-8-18(15-17)23-11-13-24(14-12-23)21(26)20-10-9-19(25-20)16-5-2-1-3-6-16/h1-10,15H,11-14H2. The van der Waals surface area contributed by atoms with Gasteiger partial charge in [0, 0.05) is 42.5 Å². The minimum atomic E-state index is 0.759. The molecule has 5 heteroatoms. The summed E-state index contributed by atoms with van der Waals surface area (Å²) in [6.45, 7) is 3.55. The van der Waals surface area contributed by atoms with Crippen LogP contribution in [0.2, 0.25) is 5.02 Å². The molecule has 0 unspecified atom stereocenters.